The van der Waals surface area contributed by atoms with Crippen LogP contribution in [0.2, 0.25) is 12.6 Å². The number of rotatable bonds is 4. The summed E-state index contributed by atoms with van der Waals surface area (Å²) in [5, 5.41) is 9.05. The summed E-state index contributed by atoms with van der Waals surface area (Å²) in [4.78, 5) is 0. The first-order valence-electron chi connectivity index (χ1n) is 3.49. The molecule has 0 aliphatic heterocycles. The topological polar surface area (TPSA) is 20.2 Å². The molecule has 1 N–H and O–H groups in total. The zero-order valence-electron chi connectivity index (χ0n) is 5.85. The molecule has 0 aliphatic rings. The zero-order valence-corrected chi connectivity index (χ0v) is 5.85. The van der Waals surface area contributed by atoms with Gasteiger partial charge in [0.25, 0.3) is 6.92 Å². The van der Waals surface area contributed by atoms with Crippen LogP contribution in [0.15, 0.2) is 0 Å². The minimum absolute atomic E-state index is 0.0370. The third kappa shape index (κ3) is 4.19. The Balaban J connectivity index is 2.92. The van der Waals surface area contributed by atoms with E-state index in [9.17, 15) is 0 Å². The quantitative estimate of drug-likeness (QED) is 0.552. The maximum Gasteiger partial charge on any atom is 0.288 e. The summed E-state index contributed by atoms with van der Waals surface area (Å²) in [7, 11) is 0. The molecular weight excluding hydrogens is 98.9 g/mol. The van der Waals surface area contributed by atoms with E-state index in [1.165, 1.54) is 0 Å². The second kappa shape index (κ2) is 5.17. The number of hydrogen-bond donors (Lipinski definition) is 1. The Bertz CT molecular complexity index is 41.8. The molecule has 8 heavy (non-hydrogen) atoms. The molecule has 0 saturated carbocycles. The van der Waals surface area contributed by atoms with Crippen molar-refractivity contribution in [2.75, 3.05) is 0 Å². The smallest absolute Gasteiger partial charge is 0.288 e. The summed E-state index contributed by atoms with van der Waals surface area (Å²) in [5.74, 6) is 0. The van der Waals surface area contributed by atoms with Crippen molar-refractivity contribution in [3.05, 3.63) is 0 Å². The van der Waals surface area contributed by atoms with Crippen LogP contribution in [0.1, 0.15) is 26.7 Å². The van der Waals surface area contributed by atoms with Gasteiger partial charge in [0.2, 0.25) is 0 Å². The molecule has 0 spiro atoms. The Kier molecular flexibility index (Phi) is 5.18. The van der Waals surface area contributed by atoms with Crippen molar-refractivity contribution in [3.8, 4) is 0 Å². The summed E-state index contributed by atoms with van der Waals surface area (Å²) in [6, 6.07) is 0. The Hall–Kier alpha value is 0.0249. The molecule has 0 aliphatic carbocycles. The van der Waals surface area contributed by atoms with Gasteiger partial charge in [-0.1, -0.05) is 26.7 Å². The van der Waals surface area contributed by atoms with Gasteiger partial charge < -0.3 is 5.02 Å². The summed E-state index contributed by atoms with van der Waals surface area (Å²) in [5.41, 5.74) is 0. The van der Waals surface area contributed by atoms with Gasteiger partial charge in [0.05, 0.1) is 0 Å². The molecule has 48 valence electrons. The van der Waals surface area contributed by atoms with Crippen molar-refractivity contribution in [3.63, 3.8) is 0 Å². The van der Waals surface area contributed by atoms with Crippen LogP contribution >= 0.6 is 0 Å². The Morgan fingerprint density at radius 3 is 1.75 bits per heavy atom. The third-order valence-electron chi connectivity index (χ3n) is 1.24. The molecule has 0 saturated heterocycles. The highest BCUT2D eigenvalue weighted by molar-refractivity contribution is 6.50. The predicted molar refractivity (Wildman–Crippen MR) is 38.2 cm³/mol. The first-order chi connectivity index (χ1) is 3.81. The Morgan fingerprint density at radius 1 is 1.12 bits per heavy atom. The lowest BCUT2D eigenvalue weighted by Gasteiger charge is -1.99. The molecule has 2 heteroatoms. The highest BCUT2D eigenvalue weighted by atomic mass is 16.2. The molecule has 0 unspecified atom stereocenters. The molecule has 0 bridgehead atoms. The van der Waals surface area contributed by atoms with Gasteiger partial charge >= 0.3 is 0 Å². The van der Waals surface area contributed by atoms with Gasteiger partial charge in [0.15, 0.2) is 0 Å². The van der Waals surface area contributed by atoms with Crippen molar-refractivity contribution in [2.45, 2.75) is 39.3 Å². The molecular formula is C6H15BO. The van der Waals surface area contributed by atoms with E-state index in [4.69, 9.17) is 5.02 Å². The Labute approximate surface area is 52.2 Å². The predicted octanol–water partition coefficient (Wildman–Crippen LogP) is 1.79. The normalized spacial score (nSPS) is 9.38. The molecule has 0 amide bonds. The van der Waals surface area contributed by atoms with E-state index in [0.717, 1.165) is 25.5 Å². The van der Waals surface area contributed by atoms with E-state index < -0.39 is 0 Å². The van der Waals surface area contributed by atoms with Crippen LogP contribution in [-0.4, -0.2) is 11.9 Å². The molecule has 0 aromatic heterocycles. The van der Waals surface area contributed by atoms with Crippen molar-refractivity contribution < 1.29 is 5.02 Å². The van der Waals surface area contributed by atoms with Crippen LogP contribution in [0.25, 0.3) is 0 Å². The standard InChI is InChI=1S/C6H15BO/c1-3-5-7(8)6-4-2/h8H,3-6H2,1-2H3. The maximum absolute atomic E-state index is 9.05. The molecule has 1 nitrogen and oxygen atoms in total. The minimum Gasteiger partial charge on any atom is -0.450 e. The fraction of sp³-hybridized carbons (Fsp3) is 1.00. The monoisotopic (exact) mass is 114 g/mol. The zero-order chi connectivity index (χ0) is 6.41. The van der Waals surface area contributed by atoms with Crippen LogP contribution in [-0.2, 0) is 0 Å². The average Bonchev–Trinajstić information content (AvgIpc) is 1.68. The first-order valence-corrected chi connectivity index (χ1v) is 3.49. The summed E-state index contributed by atoms with van der Waals surface area (Å²) >= 11 is 0. The average molecular weight is 114 g/mol. The lowest BCUT2D eigenvalue weighted by molar-refractivity contribution is 0.561. The lowest BCUT2D eigenvalue weighted by atomic mass is 9.61. The van der Waals surface area contributed by atoms with Gasteiger partial charge in [-0.2, -0.15) is 0 Å². The van der Waals surface area contributed by atoms with Crippen LogP contribution in [0, 0.1) is 0 Å². The summed E-state index contributed by atoms with van der Waals surface area (Å²) in [6.07, 6.45) is 4.13. The summed E-state index contributed by atoms with van der Waals surface area (Å²) < 4.78 is 0. The van der Waals surface area contributed by atoms with Gasteiger partial charge in [0.1, 0.15) is 0 Å². The summed E-state index contributed by atoms with van der Waals surface area (Å²) in [6.45, 7) is 4.16. The van der Waals surface area contributed by atoms with Gasteiger partial charge in [0, 0.05) is 0 Å². The van der Waals surface area contributed by atoms with E-state index in [1.54, 1.807) is 0 Å². The van der Waals surface area contributed by atoms with Crippen molar-refractivity contribution in [1.82, 2.24) is 0 Å². The largest absolute Gasteiger partial charge is 0.450 e. The van der Waals surface area contributed by atoms with Crippen LogP contribution < -0.4 is 0 Å². The van der Waals surface area contributed by atoms with Crippen molar-refractivity contribution >= 4 is 6.92 Å². The van der Waals surface area contributed by atoms with Crippen LogP contribution in [0.3, 0.4) is 0 Å². The molecule has 0 rings (SSSR count). The maximum atomic E-state index is 9.05. The second-order valence-electron chi connectivity index (χ2n) is 2.23. The van der Waals surface area contributed by atoms with E-state index in [1.807, 2.05) is 0 Å². The molecule has 0 aromatic rings. The van der Waals surface area contributed by atoms with Crippen molar-refractivity contribution in [1.29, 1.82) is 0 Å². The molecule has 0 heterocycles. The molecule has 0 fully saturated rings. The van der Waals surface area contributed by atoms with E-state index in [-0.39, 0.29) is 6.92 Å². The van der Waals surface area contributed by atoms with Gasteiger partial charge in [-0.15, -0.1) is 0 Å². The molecule has 0 atom stereocenters. The van der Waals surface area contributed by atoms with E-state index in [0.29, 0.717) is 0 Å². The minimum atomic E-state index is -0.0370. The highest BCUT2D eigenvalue weighted by Crippen LogP contribution is 2.01. The SMILES string of the molecule is CCCB(O)CCC. The molecule has 0 radical (unpaired) electrons. The Morgan fingerprint density at radius 2 is 1.50 bits per heavy atom. The van der Waals surface area contributed by atoms with E-state index >= 15 is 0 Å². The van der Waals surface area contributed by atoms with Crippen LogP contribution in [0.4, 0.5) is 0 Å². The molecule has 0 aromatic carbocycles. The van der Waals surface area contributed by atoms with Crippen LogP contribution in [0.5, 0.6) is 0 Å². The van der Waals surface area contributed by atoms with Crippen molar-refractivity contribution in [2.24, 2.45) is 0 Å². The van der Waals surface area contributed by atoms with E-state index in [2.05, 4.69) is 13.8 Å². The fourth-order valence-electron chi connectivity index (χ4n) is 0.811. The second-order valence-corrected chi connectivity index (χ2v) is 2.23. The third-order valence-corrected chi connectivity index (χ3v) is 1.24. The highest BCUT2D eigenvalue weighted by Gasteiger charge is 2.05. The van der Waals surface area contributed by atoms with Gasteiger partial charge in [-0.05, 0) is 12.6 Å². The number of hydrogen-bond acceptors (Lipinski definition) is 1. The van der Waals surface area contributed by atoms with Gasteiger partial charge in [-0.25, -0.2) is 0 Å². The van der Waals surface area contributed by atoms with Gasteiger partial charge in [-0.3, -0.25) is 0 Å². The first kappa shape index (κ1) is 8.02. The lowest BCUT2D eigenvalue weighted by Crippen LogP contribution is -2.09. The fourth-order valence-corrected chi connectivity index (χ4v) is 0.811.